The molecule has 4 rings (SSSR count). The Bertz CT molecular complexity index is 1030. The van der Waals surface area contributed by atoms with Gasteiger partial charge in [0.1, 0.15) is 12.4 Å². The molecule has 1 unspecified atom stereocenters. The monoisotopic (exact) mass is 435 g/mol. The standard InChI is InChI=1S/C25H29N3O4/c1-18(29)28(30)32-27-25(20-8-3-2-4-9-20)21-12-15-23(16-13-21)31-17-22-14-11-19-7-5-6-10-24(19)26-22/h5-7,10-16,20,25,27,30H,2-4,8-9,17H2,1H3. The summed E-state index contributed by atoms with van der Waals surface area (Å²) in [5.74, 6) is 0.517. The fraction of sp³-hybridized carbons (Fsp3) is 0.360. The van der Waals surface area contributed by atoms with Gasteiger partial charge < -0.3 is 4.74 Å². The van der Waals surface area contributed by atoms with Gasteiger partial charge in [-0.25, -0.2) is 4.98 Å². The topological polar surface area (TPSA) is 83.9 Å². The molecule has 0 spiro atoms. The number of hydroxylamine groups is 3. The smallest absolute Gasteiger partial charge is 0.272 e. The fourth-order valence-electron chi connectivity index (χ4n) is 4.19. The highest BCUT2D eigenvalue weighted by molar-refractivity contribution is 5.78. The van der Waals surface area contributed by atoms with Crippen molar-refractivity contribution >= 4 is 16.8 Å². The summed E-state index contributed by atoms with van der Waals surface area (Å²) in [6, 6.07) is 19.7. The van der Waals surface area contributed by atoms with Crippen LogP contribution in [0.3, 0.4) is 0 Å². The fourth-order valence-corrected chi connectivity index (χ4v) is 4.19. The van der Waals surface area contributed by atoms with Crippen LogP contribution in [0, 0.1) is 5.92 Å². The average molecular weight is 436 g/mol. The van der Waals surface area contributed by atoms with Crippen LogP contribution in [0.5, 0.6) is 5.75 Å². The van der Waals surface area contributed by atoms with Crippen LogP contribution in [0.15, 0.2) is 60.7 Å². The van der Waals surface area contributed by atoms with E-state index in [2.05, 4.69) is 16.5 Å². The minimum atomic E-state index is -0.592. The molecule has 1 aliphatic rings. The van der Waals surface area contributed by atoms with Crippen molar-refractivity contribution < 1.29 is 19.7 Å². The first-order valence-corrected chi connectivity index (χ1v) is 11.1. The molecule has 2 aromatic carbocycles. The first-order chi connectivity index (χ1) is 15.6. The predicted molar refractivity (Wildman–Crippen MR) is 120 cm³/mol. The molecular weight excluding hydrogens is 406 g/mol. The molecule has 168 valence electrons. The highest BCUT2D eigenvalue weighted by Crippen LogP contribution is 2.35. The van der Waals surface area contributed by atoms with E-state index in [0.29, 0.717) is 12.5 Å². The third-order valence-corrected chi connectivity index (χ3v) is 5.94. The summed E-state index contributed by atoms with van der Waals surface area (Å²) in [6.45, 7) is 1.61. The molecule has 1 heterocycles. The van der Waals surface area contributed by atoms with Gasteiger partial charge in [0.25, 0.3) is 5.91 Å². The number of nitrogens with zero attached hydrogens (tertiary/aromatic N) is 2. The summed E-state index contributed by atoms with van der Waals surface area (Å²) < 4.78 is 5.94. The molecule has 7 heteroatoms. The second kappa shape index (κ2) is 10.5. The Morgan fingerprint density at radius 3 is 2.59 bits per heavy atom. The number of aromatic nitrogens is 1. The zero-order chi connectivity index (χ0) is 22.3. The zero-order valence-corrected chi connectivity index (χ0v) is 18.2. The summed E-state index contributed by atoms with van der Waals surface area (Å²) in [5, 5.41) is 10.9. The number of fused-ring (bicyclic) bond motifs is 1. The van der Waals surface area contributed by atoms with Gasteiger partial charge in [0.15, 0.2) is 0 Å². The maximum Gasteiger partial charge on any atom is 0.272 e. The first-order valence-electron chi connectivity index (χ1n) is 11.1. The van der Waals surface area contributed by atoms with Crippen molar-refractivity contribution in [3.05, 3.63) is 71.9 Å². The van der Waals surface area contributed by atoms with Gasteiger partial charge in [-0.1, -0.05) is 60.9 Å². The van der Waals surface area contributed by atoms with E-state index in [-0.39, 0.29) is 11.3 Å². The van der Waals surface area contributed by atoms with E-state index >= 15 is 0 Å². The normalized spacial score (nSPS) is 15.4. The van der Waals surface area contributed by atoms with Gasteiger partial charge >= 0.3 is 0 Å². The first kappa shape index (κ1) is 22.2. The Balaban J connectivity index is 1.42. The Morgan fingerprint density at radius 1 is 1.09 bits per heavy atom. The number of amides is 1. The molecular formula is C25H29N3O4. The number of carbonyl (C=O) groups excluding carboxylic acids is 1. The summed E-state index contributed by atoms with van der Waals surface area (Å²) in [5.41, 5.74) is 5.73. The molecule has 0 radical (unpaired) electrons. The lowest BCUT2D eigenvalue weighted by Gasteiger charge is -2.31. The van der Waals surface area contributed by atoms with Crippen LogP contribution in [0.1, 0.15) is 56.3 Å². The van der Waals surface area contributed by atoms with E-state index in [1.807, 2.05) is 54.6 Å². The average Bonchev–Trinajstić information content (AvgIpc) is 2.84. The molecule has 1 aliphatic carbocycles. The van der Waals surface area contributed by atoms with Gasteiger partial charge in [0.05, 0.1) is 17.3 Å². The molecule has 1 fully saturated rings. The molecule has 1 saturated carbocycles. The number of para-hydroxylation sites is 1. The summed E-state index contributed by atoms with van der Waals surface area (Å²) in [7, 11) is 0. The van der Waals surface area contributed by atoms with E-state index in [0.717, 1.165) is 40.8 Å². The number of hydrogen-bond acceptors (Lipinski definition) is 6. The number of benzene rings is 2. The Morgan fingerprint density at radius 2 is 1.84 bits per heavy atom. The van der Waals surface area contributed by atoms with Crippen LogP contribution < -0.4 is 10.2 Å². The lowest BCUT2D eigenvalue weighted by Crippen LogP contribution is -2.37. The zero-order valence-electron chi connectivity index (χ0n) is 18.2. The highest BCUT2D eigenvalue weighted by Gasteiger charge is 2.26. The van der Waals surface area contributed by atoms with Crippen molar-refractivity contribution in [2.45, 2.75) is 51.7 Å². The summed E-state index contributed by atoms with van der Waals surface area (Å²) in [4.78, 5) is 21.0. The van der Waals surface area contributed by atoms with Crippen LogP contribution in [0.2, 0.25) is 0 Å². The molecule has 0 saturated heterocycles. The number of nitrogens with one attached hydrogen (secondary N) is 1. The van der Waals surface area contributed by atoms with E-state index in [1.54, 1.807) is 0 Å². The van der Waals surface area contributed by atoms with Gasteiger partial charge in [0.2, 0.25) is 0 Å². The van der Waals surface area contributed by atoms with Gasteiger partial charge in [-0.15, -0.1) is 0 Å². The maximum absolute atomic E-state index is 11.3. The lowest BCUT2D eigenvalue weighted by molar-refractivity contribution is -0.348. The largest absolute Gasteiger partial charge is 0.487 e. The summed E-state index contributed by atoms with van der Waals surface area (Å²) >= 11 is 0. The van der Waals surface area contributed by atoms with Crippen LogP contribution >= 0.6 is 0 Å². The molecule has 0 aliphatic heterocycles. The Kier molecular flexibility index (Phi) is 7.32. The molecule has 0 bridgehead atoms. The maximum atomic E-state index is 11.3. The molecule has 1 amide bonds. The Hall–Kier alpha value is -3.00. The van der Waals surface area contributed by atoms with Gasteiger partial charge in [-0.3, -0.25) is 10.0 Å². The molecule has 2 N–H and O–H groups in total. The van der Waals surface area contributed by atoms with E-state index in [1.165, 1.54) is 26.2 Å². The van der Waals surface area contributed by atoms with Crippen molar-refractivity contribution in [1.29, 1.82) is 0 Å². The molecule has 3 aromatic rings. The minimum Gasteiger partial charge on any atom is -0.487 e. The number of hydrogen-bond donors (Lipinski definition) is 2. The van der Waals surface area contributed by atoms with Gasteiger partial charge in [-0.2, -0.15) is 10.4 Å². The number of ether oxygens (including phenoxy) is 1. The highest BCUT2D eigenvalue weighted by atomic mass is 17.0. The number of carbonyl (C=O) groups is 1. The molecule has 1 atom stereocenters. The molecule has 32 heavy (non-hydrogen) atoms. The van der Waals surface area contributed by atoms with Crippen LogP contribution in [-0.2, 0) is 16.3 Å². The van der Waals surface area contributed by atoms with Gasteiger partial charge in [-0.05, 0) is 48.6 Å². The predicted octanol–water partition coefficient (Wildman–Crippen LogP) is 5.11. The SMILES string of the molecule is CC(=O)N(O)ONC(c1ccc(OCc2ccc3ccccc3n2)cc1)C1CCCCC1. The van der Waals surface area contributed by atoms with Crippen molar-refractivity contribution in [2.75, 3.05) is 0 Å². The quantitative estimate of drug-likeness (QED) is 0.378. The van der Waals surface area contributed by atoms with E-state index < -0.39 is 5.91 Å². The van der Waals surface area contributed by atoms with Gasteiger partial charge in [0, 0.05) is 12.3 Å². The number of pyridine rings is 1. The van der Waals surface area contributed by atoms with Crippen LogP contribution in [0.4, 0.5) is 0 Å². The van der Waals surface area contributed by atoms with Crippen molar-refractivity contribution in [2.24, 2.45) is 5.92 Å². The minimum absolute atomic E-state index is 0.138. The second-order valence-corrected chi connectivity index (χ2v) is 8.23. The second-order valence-electron chi connectivity index (χ2n) is 8.23. The van der Waals surface area contributed by atoms with Crippen molar-refractivity contribution in [1.82, 2.24) is 15.7 Å². The van der Waals surface area contributed by atoms with Crippen LogP contribution in [-0.4, -0.2) is 21.3 Å². The molecule has 7 nitrogen and oxygen atoms in total. The number of rotatable bonds is 8. The Labute approximate surface area is 187 Å². The third kappa shape index (κ3) is 5.62. The third-order valence-electron chi connectivity index (χ3n) is 5.94. The van der Waals surface area contributed by atoms with E-state index in [9.17, 15) is 10.0 Å². The van der Waals surface area contributed by atoms with Crippen molar-refractivity contribution in [3.63, 3.8) is 0 Å². The van der Waals surface area contributed by atoms with Crippen molar-refractivity contribution in [3.8, 4) is 5.75 Å². The summed E-state index contributed by atoms with van der Waals surface area (Å²) in [6.07, 6.45) is 5.70. The van der Waals surface area contributed by atoms with Crippen LogP contribution in [0.25, 0.3) is 10.9 Å². The van der Waals surface area contributed by atoms with E-state index in [4.69, 9.17) is 9.68 Å². The molecule has 1 aromatic heterocycles. The lowest BCUT2D eigenvalue weighted by atomic mass is 9.81.